The van der Waals surface area contributed by atoms with Gasteiger partial charge in [-0.3, -0.25) is 9.48 Å². The Bertz CT molecular complexity index is 736. The first-order valence-electron chi connectivity index (χ1n) is 9.59. The third-order valence-corrected chi connectivity index (χ3v) is 4.94. The summed E-state index contributed by atoms with van der Waals surface area (Å²) in [7, 11) is 0. The molecule has 1 aromatic heterocycles. The molecule has 2 aromatic rings. The Morgan fingerprint density at radius 1 is 1.27 bits per heavy atom. The Balaban J connectivity index is 1.59. The van der Waals surface area contributed by atoms with Crippen molar-refractivity contribution in [1.29, 1.82) is 0 Å². The van der Waals surface area contributed by atoms with Gasteiger partial charge in [0.25, 0.3) is 5.91 Å². The summed E-state index contributed by atoms with van der Waals surface area (Å²) in [6.45, 7) is 9.17. The second-order valence-corrected chi connectivity index (χ2v) is 7.27. The summed E-state index contributed by atoms with van der Waals surface area (Å²) in [6, 6.07) is 8.13. The molecule has 0 bridgehead atoms. The van der Waals surface area contributed by atoms with Crippen LogP contribution in [0.5, 0.6) is 5.75 Å². The highest BCUT2D eigenvalue weighted by atomic mass is 16.5. The Morgan fingerprint density at radius 3 is 2.77 bits per heavy atom. The molecule has 0 N–H and O–H groups in total. The molecule has 3 rings (SSSR count). The molecule has 5 nitrogen and oxygen atoms in total. The highest BCUT2D eigenvalue weighted by Crippen LogP contribution is 2.21. The maximum Gasteiger partial charge on any atom is 0.257 e. The quantitative estimate of drug-likeness (QED) is 0.791. The predicted molar refractivity (Wildman–Crippen MR) is 103 cm³/mol. The molecule has 0 saturated carbocycles. The van der Waals surface area contributed by atoms with Crippen LogP contribution in [0, 0.1) is 19.8 Å². The van der Waals surface area contributed by atoms with Crippen molar-refractivity contribution in [1.82, 2.24) is 14.7 Å². The number of likely N-dealkylation sites (tertiary alicyclic amines) is 1. The minimum atomic E-state index is 0.102. The second kappa shape index (κ2) is 8.39. The molecule has 1 amide bonds. The van der Waals surface area contributed by atoms with E-state index in [0.717, 1.165) is 55.9 Å². The molecule has 5 heteroatoms. The third kappa shape index (κ3) is 4.45. The number of piperidine rings is 1. The molecular weight excluding hydrogens is 326 g/mol. The van der Waals surface area contributed by atoms with E-state index in [-0.39, 0.29) is 5.91 Å². The number of benzene rings is 1. The molecule has 1 aliphatic heterocycles. The van der Waals surface area contributed by atoms with E-state index >= 15 is 0 Å². The number of aromatic nitrogens is 2. The summed E-state index contributed by atoms with van der Waals surface area (Å²) in [6.07, 6.45) is 5.03. The number of nitrogens with zero attached hydrogens (tertiary/aromatic N) is 3. The lowest BCUT2D eigenvalue weighted by atomic mass is 9.98. The van der Waals surface area contributed by atoms with Crippen LogP contribution in [0.3, 0.4) is 0 Å². The van der Waals surface area contributed by atoms with Gasteiger partial charge in [0.2, 0.25) is 0 Å². The van der Waals surface area contributed by atoms with Gasteiger partial charge in [-0.1, -0.05) is 24.6 Å². The summed E-state index contributed by atoms with van der Waals surface area (Å²) < 4.78 is 7.82. The van der Waals surface area contributed by atoms with Gasteiger partial charge in [0.05, 0.1) is 17.9 Å². The zero-order chi connectivity index (χ0) is 18.5. The second-order valence-electron chi connectivity index (χ2n) is 7.27. The summed E-state index contributed by atoms with van der Waals surface area (Å²) in [5.41, 5.74) is 2.78. The first-order valence-corrected chi connectivity index (χ1v) is 9.59. The van der Waals surface area contributed by atoms with Gasteiger partial charge >= 0.3 is 0 Å². The van der Waals surface area contributed by atoms with Crippen LogP contribution in [0.25, 0.3) is 0 Å². The van der Waals surface area contributed by atoms with E-state index in [1.54, 1.807) is 0 Å². The van der Waals surface area contributed by atoms with Gasteiger partial charge in [0.15, 0.2) is 0 Å². The van der Waals surface area contributed by atoms with Gasteiger partial charge in [-0.2, -0.15) is 5.10 Å². The number of aryl methyl sites for hydroxylation is 3. The molecular formula is C21H29N3O2. The van der Waals surface area contributed by atoms with Gasteiger partial charge in [0, 0.05) is 31.7 Å². The molecule has 1 aromatic carbocycles. The molecule has 1 fully saturated rings. The van der Waals surface area contributed by atoms with Gasteiger partial charge in [-0.05, 0) is 45.2 Å². The van der Waals surface area contributed by atoms with E-state index in [1.807, 2.05) is 34.8 Å². The van der Waals surface area contributed by atoms with Crippen molar-refractivity contribution in [2.24, 2.45) is 5.92 Å². The van der Waals surface area contributed by atoms with Crippen molar-refractivity contribution in [2.75, 3.05) is 19.7 Å². The summed E-state index contributed by atoms with van der Waals surface area (Å²) in [5.74, 6) is 1.38. The number of hydrogen-bond donors (Lipinski definition) is 0. The van der Waals surface area contributed by atoms with Crippen LogP contribution in [0.15, 0.2) is 30.5 Å². The van der Waals surface area contributed by atoms with E-state index in [9.17, 15) is 4.79 Å². The van der Waals surface area contributed by atoms with Crippen molar-refractivity contribution < 1.29 is 9.53 Å². The predicted octanol–water partition coefficient (Wildman–Crippen LogP) is 3.84. The summed E-state index contributed by atoms with van der Waals surface area (Å²) in [4.78, 5) is 14.9. The van der Waals surface area contributed by atoms with Gasteiger partial charge < -0.3 is 9.64 Å². The van der Waals surface area contributed by atoms with Crippen LogP contribution in [0.1, 0.15) is 47.8 Å². The number of ether oxygens (including phenoxy) is 1. The summed E-state index contributed by atoms with van der Waals surface area (Å²) in [5, 5.41) is 4.46. The summed E-state index contributed by atoms with van der Waals surface area (Å²) >= 11 is 0. The van der Waals surface area contributed by atoms with E-state index in [0.29, 0.717) is 12.5 Å². The average Bonchev–Trinajstić information content (AvgIpc) is 3.01. The smallest absolute Gasteiger partial charge is 0.257 e. The topological polar surface area (TPSA) is 47.4 Å². The highest BCUT2D eigenvalue weighted by molar-refractivity contribution is 5.95. The van der Waals surface area contributed by atoms with E-state index in [1.165, 1.54) is 5.56 Å². The van der Waals surface area contributed by atoms with Crippen LogP contribution in [0.4, 0.5) is 0 Å². The SMILES string of the molecule is CCCn1cc(C(=O)N2CCCC(COc3ccc(C)cc3)C2)c(C)n1. The van der Waals surface area contributed by atoms with Crippen molar-refractivity contribution in [3.05, 3.63) is 47.3 Å². The monoisotopic (exact) mass is 355 g/mol. The van der Waals surface area contributed by atoms with Gasteiger partial charge in [0.1, 0.15) is 5.75 Å². The van der Waals surface area contributed by atoms with Crippen molar-refractivity contribution >= 4 is 5.91 Å². The Morgan fingerprint density at radius 2 is 2.04 bits per heavy atom. The van der Waals surface area contributed by atoms with Gasteiger partial charge in [-0.15, -0.1) is 0 Å². The number of carbonyl (C=O) groups is 1. The lowest BCUT2D eigenvalue weighted by Gasteiger charge is -2.32. The Kier molecular flexibility index (Phi) is 5.96. The van der Waals surface area contributed by atoms with E-state index in [4.69, 9.17) is 4.74 Å². The maximum atomic E-state index is 12.9. The number of amides is 1. The fraction of sp³-hybridized carbons (Fsp3) is 0.524. The maximum absolute atomic E-state index is 12.9. The lowest BCUT2D eigenvalue weighted by Crippen LogP contribution is -2.41. The van der Waals surface area contributed by atoms with Crippen molar-refractivity contribution in [3.63, 3.8) is 0 Å². The Hall–Kier alpha value is -2.30. The van der Waals surface area contributed by atoms with E-state index in [2.05, 4.69) is 31.1 Å². The number of rotatable bonds is 6. The molecule has 26 heavy (non-hydrogen) atoms. The Labute approximate surface area is 156 Å². The van der Waals surface area contributed by atoms with E-state index < -0.39 is 0 Å². The first kappa shape index (κ1) is 18.5. The zero-order valence-corrected chi connectivity index (χ0v) is 16.1. The van der Waals surface area contributed by atoms with Crippen molar-refractivity contribution in [2.45, 2.75) is 46.6 Å². The first-order chi connectivity index (χ1) is 12.6. The lowest BCUT2D eigenvalue weighted by molar-refractivity contribution is 0.0632. The molecule has 1 atom stereocenters. The minimum absolute atomic E-state index is 0.102. The molecule has 0 aliphatic carbocycles. The van der Waals surface area contributed by atoms with Gasteiger partial charge in [-0.25, -0.2) is 0 Å². The molecule has 1 saturated heterocycles. The van der Waals surface area contributed by atoms with Crippen LogP contribution >= 0.6 is 0 Å². The fourth-order valence-electron chi connectivity index (χ4n) is 3.48. The van der Waals surface area contributed by atoms with Crippen LogP contribution in [-0.2, 0) is 6.54 Å². The standard InChI is InChI=1S/C21H29N3O2/c1-4-11-24-14-20(17(3)22-24)21(25)23-12-5-6-18(13-23)15-26-19-9-7-16(2)8-10-19/h7-10,14,18H,4-6,11-13,15H2,1-3H3. The zero-order valence-electron chi connectivity index (χ0n) is 16.1. The molecule has 2 heterocycles. The van der Waals surface area contributed by atoms with Crippen LogP contribution in [-0.4, -0.2) is 40.3 Å². The number of carbonyl (C=O) groups excluding carboxylic acids is 1. The minimum Gasteiger partial charge on any atom is -0.493 e. The molecule has 0 radical (unpaired) electrons. The van der Waals surface area contributed by atoms with Crippen LogP contribution < -0.4 is 4.74 Å². The fourth-order valence-corrected chi connectivity index (χ4v) is 3.48. The molecule has 1 aliphatic rings. The normalized spacial score (nSPS) is 17.3. The molecule has 1 unspecified atom stereocenters. The highest BCUT2D eigenvalue weighted by Gasteiger charge is 2.27. The average molecular weight is 355 g/mol. The van der Waals surface area contributed by atoms with Crippen molar-refractivity contribution in [3.8, 4) is 5.75 Å². The largest absolute Gasteiger partial charge is 0.493 e. The third-order valence-electron chi connectivity index (χ3n) is 4.94. The molecule has 0 spiro atoms. The van der Waals surface area contributed by atoms with Crippen LogP contribution in [0.2, 0.25) is 0 Å². The number of hydrogen-bond acceptors (Lipinski definition) is 3. The molecule has 140 valence electrons.